The number of nitrogens with zero attached hydrogens (tertiary/aromatic N) is 4. The molecule has 0 amide bonds. The predicted molar refractivity (Wildman–Crippen MR) is 82.5 cm³/mol. The summed E-state index contributed by atoms with van der Waals surface area (Å²) in [6.07, 6.45) is 5.29. The minimum absolute atomic E-state index is 0.0197. The smallest absolute Gasteiger partial charge is 0.261 e. The van der Waals surface area contributed by atoms with Gasteiger partial charge in [-0.05, 0) is 38.0 Å². The Balaban J connectivity index is 2.11. The van der Waals surface area contributed by atoms with E-state index in [1.165, 1.54) is 0 Å². The fourth-order valence-corrected chi connectivity index (χ4v) is 2.52. The molecule has 0 N–H and O–H groups in total. The third-order valence-corrected chi connectivity index (χ3v) is 3.97. The standard InChI is InChI=1S/C16H18N4O/c1-4-19-8-7-17-14(19)9-20-10-18-15-12(3)11(2)5-6-13(15)16(20)21/h5-8,10H,4,9H2,1-3H3. The molecule has 0 bridgehead atoms. The molecule has 3 aromatic rings. The number of imidazole rings is 1. The van der Waals surface area contributed by atoms with Crippen molar-refractivity contribution >= 4 is 10.9 Å². The Morgan fingerprint density at radius 2 is 1.95 bits per heavy atom. The van der Waals surface area contributed by atoms with E-state index in [9.17, 15) is 4.79 Å². The van der Waals surface area contributed by atoms with E-state index in [0.717, 1.165) is 29.0 Å². The van der Waals surface area contributed by atoms with Crippen molar-refractivity contribution in [3.8, 4) is 0 Å². The highest BCUT2D eigenvalue weighted by Crippen LogP contribution is 2.16. The van der Waals surface area contributed by atoms with Gasteiger partial charge < -0.3 is 4.57 Å². The molecule has 21 heavy (non-hydrogen) atoms. The SMILES string of the molecule is CCn1ccnc1Cn1cnc2c(C)c(C)ccc2c1=O. The Morgan fingerprint density at radius 3 is 2.71 bits per heavy atom. The van der Waals surface area contributed by atoms with Crippen molar-refractivity contribution in [2.45, 2.75) is 33.9 Å². The zero-order valence-electron chi connectivity index (χ0n) is 12.5. The summed E-state index contributed by atoms with van der Waals surface area (Å²) in [6.45, 7) is 7.36. The van der Waals surface area contributed by atoms with E-state index in [2.05, 4.69) is 16.9 Å². The number of hydrogen-bond acceptors (Lipinski definition) is 3. The Kier molecular flexibility index (Phi) is 3.33. The molecule has 3 rings (SSSR count). The van der Waals surface area contributed by atoms with Crippen LogP contribution in [0.1, 0.15) is 23.9 Å². The summed E-state index contributed by atoms with van der Waals surface area (Å²) in [4.78, 5) is 21.4. The van der Waals surface area contributed by atoms with Gasteiger partial charge in [-0.25, -0.2) is 9.97 Å². The van der Waals surface area contributed by atoms with Gasteiger partial charge in [-0.15, -0.1) is 0 Å². The molecular weight excluding hydrogens is 264 g/mol. The zero-order valence-corrected chi connectivity index (χ0v) is 12.5. The lowest BCUT2D eigenvalue weighted by Crippen LogP contribution is -2.23. The lowest BCUT2D eigenvalue weighted by molar-refractivity contribution is 0.635. The monoisotopic (exact) mass is 282 g/mol. The quantitative estimate of drug-likeness (QED) is 0.740. The topological polar surface area (TPSA) is 52.7 Å². The molecule has 5 nitrogen and oxygen atoms in total. The summed E-state index contributed by atoms with van der Waals surface area (Å²) in [6, 6.07) is 3.83. The molecular formula is C16H18N4O. The maximum Gasteiger partial charge on any atom is 0.261 e. The van der Waals surface area contributed by atoms with E-state index in [0.29, 0.717) is 11.9 Å². The average Bonchev–Trinajstić information content (AvgIpc) is 2.93. The molecule has 0 saturated carbocycles. The molecule has 2 aromatic heterocycles. The maximum absolute atomic E-state index is 12.6. The van der Waals surface area contributed by atoms with Gasteiger partial charge >= 0.3 is 0 Å². The molecule has 0 aliphatic rings. The zero-order chi connectivity index (χ0) is 15.0. The van der Waals surface area contributed by atoms with E-state index >= 15 is 0 Å². The van der Waals surface area contributed by atoms with Gasteiger partial charge in [-0.3, -0.25) is 9.36 Å². The van der Waals surface area contributed by atoms with Gasteiger partial charge in [0.1, 0.15) is 5.82 Å². The fourth-order valence-electron chi connectivity index (χ4n) is 2.52. The van der Waals surface area contributed by atoms with Gasteiger partial charge in [-0.1, -0.05) is 6.07 Å². The van der Waals surface area contributed by atoms with Crippen molar-refractivity contribution in [2.75, 3.05) is 0 Å². The van der Waals surface area contributed by atoms with Crippen molar-refractivity contribution in [2.24, 2.45) is 0 Å². The van der Waals surface area contributed by atoms with E-state index in [4.69, 9.17) is 0 Å². The molecule has 0 spiro atoms. The normalized spacial score (nSPS) is 11.2. The molecule has 0 aliphatic carbocycles. The minimum Gasteiger partial charge on any atom is -0.334 e. The summed E-state index contributed by atoms with van der Waals surface area (Å²) < 4.78 is 3.64. The molecule has 0 aliphatic heterocycles. The molecule has 0 radical (unpaired) electrons. The van der Waals surface area contributed by atoms with Crippen LogP contribution in [0.5, 0.6) is 0 Å². The van der Waals surface area contributed by atoms with Gasteiger partial charge in [-0.2, -0.15) is 0 Å². The molecule has 1 aromatic carbocycles. The van der Waals surface area contributed by atoms with Crippen LogP contribution in [0.4, 0.5) is 0 Å². The Labute approximate surface area is 122 Å². The highest BCUT2D eigenvalue weighted by molar-refractivity contribution is 5.81. The first-order valence-electron chi connectivity index (χ1n) is 7.07. The number of aryl methyl sites for hydroxylation is 3. The number of hydrogen-bond donors (Lipinski definition) is 0. The van der Waals surface area contributed by atoms with Crippen molar-refractivity contribution < 1.29 is 0 Å². The number of rotatable bonds is 3. The third-order valence-electron chi connectivity index (χ3n) is 3.97. The molecule has 0 saturated heterocycles. The van der Waals surface area contributed by atoms with Crippen molar-refractivity contribution in [3.63, 3.8) is 0 Å². The average molecular weight is 282 g/mol. The summed E-state index contributed by atoms with van der Waals surface area (Å²) in [5, 5.41) is 0.662. The largest absolute Gasteiger partial charge is 0.334 e. The van der Waals surface area contributed by atoms with E-state index in [1.54, 1.807) is 17.1 Å². The van der Waals surface area contributed by atoms with Crippen LogP contribution >= 0.6 is 0 Å². The highest BCUT2D eigenvalue weighted by Gasteiger charge is 2.09. The van der Waals surface area contributed by atoms with Crippen LogP contribution in [0.15, 0.2) is 35.6 Å². The lowest BCUT2D eigenvalue weighted by atomic mass is 10.1. The molecule has 108 valence electrons. The van der Waals surface area contributed by atoms with Gasteiger partial charge in [0, 0.05) is 18.9 Å². The number of aromatic nitrogens is 4. The highest BCUT2D eigenvalue weighted by atomic mass is 16.1. The maximum atomic E-state index is 12.6. The predicted octanol–water partition coefficient (Wildman–Crippen LogP) is 2.28. The first kappa shape index (κ1) is 13.5. The van der Waals surface area contributed by atoms with Crippen LogP contribution in [0.3, 0.4) is 0 Å². The second kappa shape index (κ2) is 5.16. The minimum atomic E-state index is -0.0197. The molecule has 0 unspecified atom stereocenters. The second-order valence-electron chi connectivity index (χ2n) is 5.21. The van der Waals surface area contributed by atoms with Crippen molar-refractivity contribution in [1.29, 1.82) is 0 Å². The van der Waals surface area contributed by atoms with Gasteiger partial charge in [0.15, 0.2) is 0 Å². The summed E-state index contributed by atoms with van der Waals surface area (Å²) >= 11 is 0. The van der Waals surface area contributed by atoms with Crippen LogP contribution in [0, 0.1) is 13.8 Å². The third kappa shape index (κ3) is 2.24. The lowest BCUT2D eigenvalue weighted by Gasteiger charge is -2.10. The van der Waals surface area contributed by atoms with Crippen LogP contribution in [0.2, 0.25) is 0 Å². The van der Waals surface area contributed by atoms with Crippen LogP contribution in [-0.2, 0) is 13.1 Å². The van der Waals surface area contributed by atoms with Crippen molar-refractivity contribution in [3.05, 3.63) is 58.2 Å². The molecule has 5 heteroatoms. The summed E-state index contributed by atoms with van der Waals surface area (Å²) in [7, 11) is 0. The van der Waals surface area contributed by atoms with Crippen LogP contribution in [-0.4, -0.2) is 19.1 Å². The van der Waals surface area contributed by atoms with Crippen LogP contribution in [0.25, 0.3) is 10.9 Å². The van der Waals surface area contributed by atoms with Gasteiger partial charge in [0.25, 0.3) is 5.56 Å². The van der Waals surface area contributed by atoms with Gasteiger partial charge in [0.05, 0.1) is 23.8 Å². The summed E-state index contributed by atoms with van der Waals surface area (Å²) in [5.74, 6) is 0.865. The fraction of sp³-hybridized carbons (Fsp3) is 0.312. The number of benzene rings is 1. The Hall–Kier alpha value is -2.43. The van der Waals surface area contributed by atoms with E-state index in [-0.39, 0.29) is 5.56 Å². The van der Waals surface area contributed by atoms with Gasteiger partial charge in [0.2, 0.25) is 0 Å². The first-order valence-corrected chi connectivity index (χ1v) is 7.07. The van der Waals surface area contributed by atoms with E-state index in [1.807, 2.05) is 36.7 Å². The molecule has 0 atom stereocenters. The molecule has 0 fully saturated rings. The Bertz CT molecular complexity index is 860. The van der Waals surface area contributed by atoms with E-state index < -0.39 is 0 Å². The second-order valence-corrected chi connectivity index (χ2v) is 5.21. The first-order chi connectivity index (χ1) is 10.1. The Morgan fingerprint density at radius 1 is 1.14 bits per heavy atom. The number of fused-ring (bicyclic) bond motifs is 1. The summed E-state index contributed by atoms with van der Waals surface area (Å²) in [5.41, 5.74) is 2.98. The van der Waals surface area contributed by atoms with Crippen LogP contribution < -0.4 is 5.56 Å². The van der Waals surface area contributed by atoms with Crippen molar-refractivity contribution in [1.82, 2.24) is 19.1 Å². The molecule has 2 heterocycles.